The van der Waals surface area contributed by atoms with E-state index in [9.17, 15) is 22.8 Å². The van der Waals surface area contributed by atoms with Crippen molar-refractivity contribution in [2.24, 2.45) is 0 Å². The van der Waals surface area contributed by atoms with E-state index in [1.165, 1.54) is 0 Å². The van der Waals surface area contributed by atoms with Gasteiger partial charge >= 0.3 is 5.97 Å². The van der Waals surface area contributed by atoms with E-state index in [0.717, 1.165) is 0 Å². The molecule has 0 atom stereocenters. The monoisotopic (exact) mass is 230 g/mol. The van der Waals surface area contributed by atoms with Gasteiger partial charge in [0.25, 0.3) is 0 Å². The number of carboxylic acids is 1. The zero-order chi connectivity index (χ0) is 12.3. The summed E-state index contributed by atoms with van der Waals surface area (Å²) in [6.45, 7) is 0. The predicted molar refractivity (Wildman–Crippen MR) is 47.4 cm³/mol. The summed E-state index contributed by atoms with van der Waals surface area (Å²) in [5, 5.41) is 8.21. The highest BCUT2D eigenvalue weighted by atomic mass is 19.2. The fraction of sp³-hybridized carbons (Fsp3) is 0. The number of hydrogen-bond acceptors (Lipinski definition) is 2. The molecule has 0 bridgehead atoms. The summed E-state index contributed by atoms with van der Waals surface area (Å²) in [7, 11) is 0. The molecule has 6 heteroatoms. The Hall–Kier alpha value is -2.11. The van der Waals surface area contributed by atoms with Crippen molar-refractivity contribution in [2.45, 2.75) is 0 Å². The number of carbonyl (C=O) groups excluding carboxylic acids is 1. The van der Waals surface area contributed by atoms with Gasteiger partial charge in [0.1, 0.15) is 5.82 Å². The molecule has 1 aromatic carbocycles. The van der Waals surface area contributed by atoms with Crippen LogP contribution < -0.4 is 0 Å². The lowest BCUT2D eigenvalue weighted by molar-refractivity contribution is -0.131. The second-order valence-electron chi connectivity index (χ2n) is 2.78. The van der Waals surface area contributed by atoms with E-state index in [4.69, 9.17) is 5.11 Å². The molecule has 16 heavy (non-hydrogen) atoms. The van der Waals surface area contributed by atoms with Crippen LogP contribution in [0.4, 0.5) is 13.2 Å². The maximum Gasteiger partial charge on any atom is 0.328 e. The molecule has 0 aliphatic rings. The van der Waals surface area contributed by atoms with Crippen LogP contribution in [0.2, 0.25) is 0 Å². The maximum atomic E-state index is 13.0. The van der Waals surface area contributed by atoms with E-state index in [-0.39, 0.29) is 6.07 Å². The second kappa shape index (κ2) is 4.61. The molecule has 1 rings (SSSR count). The summed E-state index contributed by atoms with van der Waals surface area (Å²) in [6, 6.07) is 0.594. The SMILES string of the molecule is O=C(O)/C=C/C(=O)c1cc(F)c(F)cc1F. The lowest BCUT2D eigenvalue weighted by atomic mass is 10.1. The van der Waals surface area contributed by atoms with Crippen molar-refractivity contribution in [3.8, 4) is 0 Å². The molecule has 0 radical (unpaired) electrons. The zero-order valence-electron chi connectivity index (χ0n) is 7.71. The van der Waals surface area contributed by atoms with Gasteiger partial charge in [0.2, 0.25) is 0 Å². The van der Waals surface area contributed by atoms with Crippen LogP contribution in [0.1, 0.15) is 10.4 Å². The van der Waals surface area contributed by atoms with Crippen molar-refractivity contribution < 1.29 is 27.9 Å². The van der Waals surface area contributed by atoms with E-state index in [1.807, 2.05) is 0 Å². The third kappa shape index (κ3) is 2.69. The second-order valence-corrected chi connectivity index (χ2v) is 2.78. The van der Waals surface area contributed by atoms with E-state index in [0.29, 0.717) is 18.2 Å². The average Bonchev–Trinajstić information content (AvgIpc) is 2.20. The number of rotatable bonds is 3. The standard InChI is InChI=1S/C10H5F3O3/c11-6-4-8(13)7(12)3-5(6)9(14)1-2-10(15)16/h1-4H,(H,15,16)/b2-1+. The highest BCUT2D eigenvalue weighted by Crippen LogP contribution is 2.14. The first kappa shape index (κ1) is 12.0. The van der Waals surface area contributed by atoms with Gasteiger partial charge in [-0.05, 0) is 12.1 Å². The first-order chi connectivity index (χ1) is 7.41. The Morgan fingerprint density at radius 1 is 1.00 bits per heavy atom. The number of carbonyl (C=O) groups is 2. The van der Waals surface area contributed by atoms with E-state index in [1.54, 1.807) is 0 Å². The van der Waals surface area contributed by atoms with Crippen molar-refractivity contribution >= 4 is 11.8 Å². The molecule has 1 N–H and O–H groups in total. The number of halogens is 3. The lowest BCUT2D eigenvalue weighted by Gasteiger charge is -1.99. The van der Waals surface area contributed by atoms with Gasteiger partial charge in [-0.25, -0.2) is 18.0 Å². The van der Waals surface area contributed by atoms with Crippen LogP contribution in [-0.4, -0.2) is 16.9 Å². The van der Waals surface area contributed by atoms with Crippen LogP contribution in [0.5, 0.6) is 0 Å². The highest BCUT2D eigenvalue weighted by molar-refractivity contribution is 6.06. The molecule has 3 nitrogen and oxygen atoms in total. The van der Waals surface area contributed by atoms with Gasteiger partial charge in [-0.15, -0.1) is 0 Å². The number of allylic oxidation sites excluding steroid dienone is 1. The summed E-state index contributed by atoms with van der Waals surface area (Å²) < 4.78 is 38.2. The number of hydrogen-bond donors (Lipinski definition) is 1. The Labute approximate surface area is 87.8 Å². The Morgan fingerprint density at radius 3 is 2.12 bits per heavy atom. The third-order valence-electron chi connectivity index (χ3n) is 1.65. The molecular formula is C10H5F3O3. The molecular weight excluding hydrogens is 225 g/mol. The van der Waals surface area contributed by atoms with Gasteiger partial charge < -0.3 is 5.11 Å². The number of carboxylic acid groups (broad SMARTS) is 1. The summed E-state index contributed by atoms with van der Waals surface area (Å²) in [6.07, 6.45) is 1.03. The van der Waals surface area contributed by atoms with Crippen LogP contribution in [0.15, 0.2) is 24.3 Å². The van der Waals surface area contributed by atoms with Gasteiger partial charge in [0.05, 0.1) is 5.56 Å². The quantitative estimate of drug-likeness (QED) is 0.490. The van der Waals surface area contributed by atoms with Crippen LogP contribution in [0, 0.1) is 17.5 Å². The molecule has 0 saturated carbocycles. The molecule has 0 aliphatic carbocycles. The minimum Gasteiger partial charge on any atom is -0.478 e. The molecule has 0 aliphatic heterocycles. The van der Waals surface area contributed by atoms with Gasteiger partial charge in [-0.1, -0.05) is 0 Å². The molecule has 0 amide bonds. The van der Waals surface area contributed by atoms with Crippen molar-refractivity contribution in [1.29, 1.82) is 0 Å². The molecule has 0 aromatic heterocycles. The number of benzene rings is 1. The Bertz CT molecular complexity index is 480. The smallest absolute Gasteiger partial charge is 0.328 e. The molecule has 1 aromatic rings. The number of aliphatic carboxylic acids is 1. The topological polar surface area (TPSA) is 54.4 Å². The molecule has 0 saturated heterocycles. The Kier molecular flexibility index (Phi) is 3.44. The summed E-state index contributed by atoms with van der Waals surface area (Å²) in [5.74, 6) is -6.51. The molecule has 0 fully saturated rings. The third-order valence-corrected chi connectivity index (χ3v) is 1.65. The van der Waals surface area contributed by atoms with E-state index < -0.39 is 34.8 Å². The van der Waals surface area contributed by atoms with Gasteiger partial charge in [-0.3, -0.25) is 4.79 Å². The highest BCUT2D eigenvalue weighted by Gasteiger charge is 2.14. The van der Waals surface area contributed by atoms with Crippen LogP contribution >= 0.6 is 0 Å². The Balaban J connectivity index is 3.09. The molecule has 0 spiro atoms. The van der Waals surface area contributed by atoms with Gasteiger partial charge in [0.15, 0.2) is 17.4 Å². The lowest BCUT2D eigenvalue weighted by Crippen LogP contribution is -2.02. The van der Waals surface area contributed by atoms with Crippen LogP contribution in [0.3, 0.4) is 0 Å². The van der Waals surface area contributed by atoms with Crippen LogP contribution in [-0.2, 0) is 4.79 Å². The first-order valence-electron chi connectivity index (χ1n) is 4.01. The van der Waals surface area contributed by atoms with Gasteiger partial charge in [0, 0.05) is 12.1 Å². The van der Waals surface area contributed by atoms with Gasteiger partial charge in [-0.2, -0.15) is 0 Å². The van der Waals surface area contributed by atoms with E-state index in [2.05, 4.69) is 0 Å². The fourth-order valence-electron chi connectivity index (χ4n) is 0.948. The van der Waals surface area contributed by atoms with Crippen LogP contribution in [0.25, 0.3) is 0 Å². The maximum absolute atomic E-state index is 13.0. The van der Waals surface area contributed by atoms with Crippen molar-refractivity contribution in [3.63, 3.8) is 0 Å². The minimum absolute atomic E-state index is 0.219. The normalized spacial score (nSPS) is 10.7. The summed E-state index contributed by atoms with van der Waals surface area (Å²) in [4.78, 5) is 21.2. The summed E-state index contributed by atoms with van der Waals surface area (Å²) in [5.41, 5.74) is -0.726. The molecule has 84 valence electrons. The average molecular weight is 230 g/mol. The minimum atomic E-state index is -1.42. The first-order valence-corrected chi connectivity index (χ1v) is 4.01. The largest absolute Gasteiger partial charge is 0.478 e. The van der Waals surface area contributed by atoms with Crippen molar-refractivity contribution in [2.75, 3.05) is 0 Å². The molecule has 0 unspecified atom stereocenters. The summed E-state index contributed by atoms with van der Waals surface area (Å²) >= 11 is 0. The molecule has 0 heterocycles. The Morgan fingerprint density at radius 2 is 1.56 bits per heavy atom. The van der Waals surface area contributed by atoms with Crippen molar-refractivity contribution in [3.05, 3.63) is 47.3 Å². The van der Waals surface area contributed by atoms with E-state index >= 15 is 0 Å². The van der Waals surface area contributed by atoms with Crippen molar-refractivity contribution in [1.82, 2.24) is 0 Å². The fourth-order valence-corrected chi connectivity index (χ4v) is 0.948. The number of ketones is 1. The predicted octanol–water partition coefficient (Wildman–Crippen LogP) is 1.93. The zero-order valence-corrected chi connectivity index (χ0v) is 7.71.